The second kappa shape index (κ2) is 6.87. The first-order chi connectivity index (χ1) is 13.6. The van der Waals surface area contributed by atoms with Crippen molar-refractivity contribution >= 4 is 33.2 Å². The Morgan fingerprint density at radius 1 is 1.32 bits per heavy atom. The first-order valence-electron chi connectivity index (χ1n) is 9.29. The van der Waals surface area contributed by atoms with Gasteiger partial charge in [0, 0.05) is 21.5 Å². The molecule has 4 aromatic rings. The molecule has 1 atom stereocenters. The lowest BCUT2D eigenvalue weighted by Gasteiger charge is -2.17. The molecule has 5 nitrogen and oxygen atoms in total. The van der Waals surface area contributed by atoms with Crippen molar-refractivity contribution in [2.24, 2.45) is 5.92 Å². The van der Waals surface area contributed by atoms with Gasteiger partial charge in [-0.25, -0.2) is 4.98 Å². The zero-order valence-corrected chi connectivity index (χ0v) is 16.9. The van der Waals surface area contributed by atoms with Crippen LogP contribution in [0.4, 0.5) is 0 Å². The highest BCUT2D eigenvalue weighted by molar-refractivity contribution is 7.18. The predicted octanol–water partition coefficient (Wildman–Crippen LogP) is 4.94. The van der Waals surface area contributed by atoms with E-state index in [1.807, 2.05) is 30.3 Å². The van der Waals surface area contributed by atoms with Crippen molar-refractivity contribution in [2.45, 2.75) is 32.7 Å². The molecule has 0 N–H and O–H groups in total. The van der Waals surface area contributed by atoms with Gasteiger partial charge >= 0.3 is 0 Å². The van der Waals surface area contributed by atoms with Crippen LogP contribution in [0.5, 0.6) is 0 Å². The summed E-state index contributed by atoms with van der Waals surface area (Å²) in [5.74, 6) is 1.29. The van der Waals surface area contributed by atoms with Gasteiger partial charge in [-0.3, -0.25) is 9.36 Å². The average Bonchev–Trinajstić information content (AvgIpc) is 3.29. The molecule has 5 rings (SSSR count). The van der Waals surface area contributed by atoms with Gasteiger partial charge in [0.25, 0.3) is 5.56 Å². The molecule has 0 saturated heterocycles. The Labute approximate surface area is 170 Å². The maximum atomic E-state index is 13.1. The Hall–Kier alpha value is -2.44. The molecule has 1 aromatic carbocycles. The van der Waals surface area contributed by atoms with Crippen molar-refractivity contribution in [1.82, 2.24) is 14.7 Å². The minimum Gasteiger partial charge on any atom is -0.359 e. The fourth-order valence-electron chi connectivity index (χ4n) is 3.79. The first-order valence-corrected chi connectivity index (χ1v) is 10.5. The lowest BCUT2D eigenvalue weighted by molar-refractivity contribution is 0.376. The van der Waals surface area contributed by atoms with Crippen LogP contribution in [0.25, 0.3) is 21.5 Å². The van der Waals surface area contributed by atoms with Crippen LogP contribution >= 0.6 is 22.9 Å². The lowest BCUT2D eigenvalue weighted by Crippen LogP contribution is -2.22. The minimum absolute atomic E-state index is 0.00139. The van der Waals surface area contributed by atoms with Crippen LogP contribution in [0.3, 0.4) is 0 Å². The van der Waals surface area contributed by atoms with Crippen LogP contribution in [0.2, 0.25) is 5.02 Å². The van der Waals surface area contributed by atoms with Crippen LogP contribution in [0.15, 0.2) is 46.0 Å². The molecule has 1 unspecified atom stereocenters. The summed E-state index contributed by atoms with van der Waals surface area (Å²) >= 11 is 7.60. The minimum atomic E-state index is 0.00139. The van der Waals surface area contributed by atoms with Crippen LogP contribution in [-0.2, 0) is 19.4 Å². The Balaban J connectivity index is 1.48. The zero-order chi connectivity index (χ0) is 19.3. The molecule has 1 aliphatic rings. The van der Waals surface area contributed by atoms with Crippen LogP contribution in [0.1, 0.15) is 29.5 Å². The standard InChI is InChI=1S/C21H18ClN3O2S/c1-12-2-7-16-18(8-12)28-20-19(16)21(26)25(11-23-20)10-15-9-17(24-27-15)13-3-5-14(22)6-4-13/h3-6,9,11-12H,2,7-8,10H2,1H3. The lowest BCUT2D eigenvalue weighted by atomic mass is 9.89. The molecule has 1 aliphatic carbocycles. The molecule has 0 spiro atoms. The molecule has 3 heterocycles. The third-order valence-corrected chi connectivity index (χ3v) is 6.72. The van der Waals surface area contributed by atoms with Gasteiger partial charge in [-0.15, -0.1) is 11.3 Å². The Morgan fingerprint density at radius 2 is 2.14 bits per heavy atom. The largest absolute Gasteiger partial charge is 0.359 e. The molecule has 7 heteroatoms. The number of halogens is 1. The monoisotopic (exact) mass is 411 g/mol. The number of nitrogens with zero attached hydrogens (tertiary/aromatic N) is 3. The van der Waals surface area contributed by atoms with E-state index >= 15 is 0 Å². The van der Waals surface area contributed by atoms with Crippen molar-refractivity contribution in [3.63, 3.8) is 0 Å². The van der Waals surface area contributed by atoms with Gasteiger partial charge in [-0.05, 0) is 42.9 Å². The third-order valence-electron chi connectivity index (χ3n) is 5.31. The van der Waals surface area contributed by atoms with Crippen molar-refractivity contribution in [3.8, 4) is 11.3 Å². The van der Waals surface area contributed by atoms with E-state index in [4.69, 9.17) is 16.1 Å². The number of aryl methyl sites for hydroxylation is 1. The number of aromatic nitrogens is 3. The van der Waals surface area contributed by atoms with Crippen molar-refractivity contribution in [2.75, 3.05) is 0 Å². The first kappa shape index (κ1) is 17.6. The highest BCUT2D eigenvalue weighted by Crippen LogP contribution is 2.35. The summed E-state index contributed by atoms with van der Waals surface area (Å²) in [6.45, 7) is 2.57. The number of hydrogen-bond acceptors (Lipinski definition) is 5. The van der Waals surface area contributed by atoms with Crippen LogP contribution in [0, 0.1) is 5.92 Å². The summed E-state index contributed by atoms with van der Waals surface area (Å²) in [4.78, 5) is 19.8. The quantitative estimate of drug-likeness (QED) is 0.479. The van der Waals surface area contributed by atoms with E-state index in [2.05, 4.69) is 17.1 Å². The number of benzene rings is 1. The molecule has 0 amide bonds. The zero-order valence-electron chi connectivity index (χ0n) is 15.3. The maximum Gasteiger partial charge on any atom is 0.262 e. The molecule has 142 valence electrons. The number of fused-ring (bicyclic) bond motifs is 3. The van der Waals surface area contributed by atoms with E-state index in [1.165, 1.54) is 10.4 Å². The van der Waals surface area contributed by atoms with Crippen molar-refractivity contribution < 1.29 is 4.52 Å². The molecule has 0 radical (unpaired) electrons. The molecule has 3 aromatic heterocycles. The van der Waals surface area contributed by atoms with Gasteiger partial charge in [0.1, 0.15) is 10.5 Å². The Bertz CT molecular complexity index is 1220. The number of rotatable bonds is 3. The van der Waals surface area contributed by atoms with Crippen molar-refractivity contribution in [1.29, 1.82) is 0 Å². The van der Waals surface area contributed by atoms with Gasteiger partial charge in [-0.1, -0.05) is 35.8 Å². The number of thiophene rings is 1. The number of hydrogen-bond donors (Lipinski definition) is 0. The Kier molecular flexibility index (Phi) is 4.33. The van der Waals surface area contributed by atoms with E-state index < -0.39 is 0 Å². The molecule has 0 saturated carbocycles. The highest BCUT2D eigenvalue weighted by atomic mass is 35.5. The SMILES string of the molecule is CC1CCc2c(sc3ncn(Cc4cc(-c5ccc(Cl)cc5)no4)c(=O)c23)C1. The van der Waals surface area contributed by atoms with E-state index in [1.54, 1.807) is 22.2 Å². The predicted molar refractivity (Wildman–Crippen MR) is 111 cm³/mol. The van der Waals surface area contributed by atoms with Crippen LogP contribution in [-0.4, -0.2) is 14.7 Å². The van der Waals surface area contributed by atoms with E-state index in [0.29, 0.717) is 23.2 Å². The topological polar surface area (TPSA) is 60.9 Å². The second-order valence-electron chi connectivity index (χ2n) is 7.39. The normalized spacial score (nSPS) is 16.4. The fourth-order valence-corrected chi connectivity index (χ4v) is 5.26. The fraction of sp³-hybridized carbons (Fsp3) is 0.286. The van der Waals surface area contributed by atoms with Crippen molar-refractivity contribution in [3.05, 3.63) is 68.2 Å². The molecular weight excluding hydrogens is 394 g/mol. The van der Waals surface area contributed by atoms with E-state index in [9.17, 15) is 4.79 Å². The summed E-state index contributed by atoms with van der Waals surface area (Å²) in [7, 11) is 0. The molecule has 0 aliphatic heterocycles. The second-order valence-corrected chi connectivity index (χ2v) is 8.91. The average molecular weight is 412 g/mol. The van der Waals surface area contributed by atoms with Gasteiger partial charge in [0.15, 0.2) is 5.76 Å². The molecular formula is C21H18ClN3O2S. The summed E-state index contributed by atoms with van der Waals surface area (Å²) in [6, 6.07) is 9.26. The third kappa shape index (κ3) is 3.06. The summed E-state index contributed by atoms with van der Waals surface area (Å²) < 4.78 is 7.07. The van der Waals surface area contributed by atoms with E-state index in [0.717, 1.165) is 40.7 Å². The van der Waals surface area contributed by atoms with Crippen LogP contribution < -0.4 is 5.56 Å². The summed E-state index contributed by atoms with van der Waals surface area (Å²) in [5.41, 5.74) is 2.84. The maximum absolute atomic E-state index is 13.1. The molecule has 0 bridgehead atoms. The van der Waals surface area contributed by atoms with Gasteiger partial charge < -0.3 is 4.52 Å². The Morgan fingerprint density at radius 3 is 2.96 bits per heavy atom. The van der Waals surface area contributed by atoms with Gasteiger partial charge in [0.05, 0.1) is 18.3 Å². The highest BCUT2D eigenvalue weighted by Gasteiger charge is 2.23. The molecule has 0 fully saturated rings. The molecule has 28 heavy (non-hydrogen) atoms. The van der Waals surface area contributed by atoms with Gasteiger partial charge in [-0.2, -0.15) is 0 Å². The van der Waals surface area contributed by atoms with Gasteiger partial charge in [0.2, 0.25) is 0 Å². The smallest absolute Gasteiger partial charge is 0.262 e. The summed E-state index contributed by atoms with van der Waals surface area (Å²) in [6.07, 6.45) is 4.74. The summed E-state index contributed by atoms with van der Waals surface area (Å²) in [5, 5.41) is 5.58. The van der Waals surface area contributed by atoms with E-state index in [-0.39, 0.29) is 5.56 Å².